The van der Waals surface area contributed by atoms with E-state index >= 15 is 0 Å². The van der Waals surface area contributed by atoms with Crippen molar-refractivity contribution in [3.63, 3.8) is 0 Å². The van der Waals surface area contributed by atoms with Gasteiger partial charge >= 0.3 is 5.97 Å². The summed E-state index contributed by atoms with van der Waals surface area (Å²) in [4.78, 5) is 11.7. The molecule has 4 fully saturated rings. The highest BCUT2D eigenvalue weighted by Crippen LogP contribution is 2.68. The second-order valence-electron chi connectivity index (χ2n) is 10.6. The van der Waals surface area contributed by atoms with Gasteiger partial charge in [0.25, 0.3) is 0 Å². The van der Waals surface area contributed by atoms with E-state index in [4.69, 9.17) is 4.74 Å². The van der Waals surface area contributed by atoms with Gasteiger partial charge in [-0.1, -0.05) is 26.7 Å². The molecule has 4 aliphatic rings. The average Bonchev–Trinajstić information content (AvgIpc) is 2.85. The third-order valence-corrected chi connectivity index (χ3v) is 9.51. The Bertz CT molecular complexity index is 558. The van der Waals surface area contributed by atoms with E-state index < -0.39 is 6.10 Å². The first kappa shape index (κ1) is 18.8. The summed E-state index contributed by atoms with van der Waals surface area (Å²) in [5, 5.41) is 10.6. The molecule has 9 atom stereocenters. The lowest BCUT2D eigenvalue weighted by molar-refractivity contribution is -0.152. The first-order valence-corrected chi connectivity index (χ1v) is 11.1. The fourth-order valence-electron chi connectivity index (χ4n) is 8.52. The standard InChI is InChI=1S/C23H38O3/c1-14(24)21-20(26-15(2)25)13-19-17-9-8-16-7-5-6-11-22(16,3)18(17)10-12-23(19,21)4/h14,16-21,24H,5-13H2,1-4H3/t14-,16+,17-,18-,19-,20-,21-,22+,23+/m1/s1. The molecule has 26 heavy (non-hydrogen) atoms. The van der Waals surface area contributed by atoms with Crippen molar-refractivity contribution in [3.05, 3.63) is 0 Å². The van der Waals surface area contributed by atoms with Crippen molar-refractivity contribution in [2.75, 3.05) is 0 Å². The van der Waals surface area contributed by atoms with Crippen LogP contribution in [0.25, 0.3) is 0 Å². The average molecular weight is 363 g/mol. The summed E-state index contributed by atoms with van der Waals surface area (Å²) in [5.41, 5.74) is 0.648. The molecule has 3 heteroatoms. The maximum absolute atomic E-state index is 11.7. The molecule has 0 amide bonds. The summed E-state index contributed by atoms with van der Waals surface area (Å²) >= 11 is 0. The van der Waals surface area contributed by atoms with Crippen LogP contribution in [0.5, 0.6) is 0 Å². The number of hydrogen-bond acceptors (Lipinski definition) is 3. The third-order valence-electron chi connectivity index (χ3n) is 9.51. The zero-order valence-electron chi connectivity index (χ0n) is 17.2. The molecular weight excluding hydrogens is 324 g/mol. The number of aliphatic hydroxyl groups excluding tert-OH is 1. The van der Waals surface area contributed by atoms with Crippen LogP contribution >= 0.6 is 0 Å². The number of ether oxygens (including phenoxy) is 1. The maximum atomic E-state index is 11.7. The normalized spacial score (nSPS) is 51.7. The van der Waals surface area contributed by atoms with Crippen LogP contribution in [-0.4, -0.2) is 23.3 Å². The lowest BCUT2D eigenvalue weighted by atomic mass is 9.45. The zero-order chi connectivity index (χ0) is 18.7. The van der Waals surface area contributed by atoms with E-state index in [0.29, 0.717) is 11.3 Å². The molecule has 0 aliphatic heterocycles. The lowest BCUT2D eigenvalue weighted by Gasteiger charge is -2.60. The number of rotatable bonds is 2. The number of hydrogen-bond donors (Lipinski definition) is 1. The van der Waals surface area contributed by atoms with Crippen molar-refractivity contribution in [1.29, 1.82) is 0 Å². The minimum Gasteiger partial charge on any atom is -0.462 e. The van der Waals surface area contributed by atoms with E-state index in [1.165, 1.54) is 58.3 Å². The van der Waals surface area contributed by atoms with E-state index in [9.17, 15) is 9.90 Å². The molecule has 148 valence electrons. The molecule has 3 nitrogen and oxygen atoms in total. The molecule has 0 bridgehead atoms. The van der Waals surface area contributed by atoms with Crippen molar-refractivity contribution in [3.8, 4) is 0 Å². The maximum Gasteiger partial charge on any atom is 0.302 e. The molecule has 1 N–H and O–H groups in total. The van der Waals surface area contributed by atoms with Crippen molar-refractivity contribution < 1.29 is 14.6 Å². The van der Waals surface area contributed by atoms with Gasteiger partial charge in [-0.3, -0.25) is 4.79 Å². The van der Waals surface area contributed by atoms with E-state index in [2.05, 4.69) is 13.8 Å². The number of carbonyl (C=O) groups is 1. The van der Waals surface area contributed by atoms with Crippen molar-refractivity contribution >= 4 is 5.97 Å². The fourth-order valence-corrected chi connectivity index (χ4v) is 8.52. The van der Waals surface area contributed by atoms with Gasteiger partial charge in [0.2, 0.25) is 0 Å². The zero-order valence-corrected chi connectivity index (χ0v) is 17.2. The Labute approximate surface area is 159 Å². The SMILES string of the molecule is CC(=O)O[C@@H]1C[C@@H]2[C@@H]3CC[C@@H]4CCCC[C@]4(C)[C@@H]3CC[C@]2(C)[C@@H]1[C@@H](C)O. The van der Waals surface area contributed by atoms with Gasteiger partial charge in [0.1, 0.15) is 6.10 Å². The predicted octanol–water partition coefficient (Wildman–Crippen LogP) is 4.96. The van der Waals surface area contributed by atoms with Gasteiger partial charge in [-0.2, -0.15) is 0 Å². The van der Waals surface area contributed by atoms with E-state index in [1.54, 1.807) is 0 Å². The van der Waals surface area contributed by atoms with Crippen LogP contribution in [-0.2, 0) is 9.53 Å². The molecule has 0 aromatic carbocycles. The number of esters is 1. The second-order valence-corrected chi connectivity index (χ2v) is 10.6. The Balaban J connectivity index is 1.64. The molecular formula is C23H38O3. The molecule has 0 heterocycles. The molecule has 0 aromatic rings. The first-order chi connectivity index (χ1) is 12.3. The van der Waals surface area contributed by atoms with Gasteiger partial charge in [0, 0.05) is 12.8 Å². The minimum atomic E-state index is -0.410. The minimum absolute atomic E-state index is 0.0919. The van der Waals surface area contributed by atoms with Gasteiger partial charge in [-0.15, -0.1) is 0 Å². The van der Waals surface area contributed by atoms with Crippen LogP contribution in [0.15, 0.2) is 0 Å². The highest BCUT2D eigenvalue weighted by molar-refractivity contribution is 5.66. The van der Waals surface area contributed by atoms with Gasteiger partial charge in [0.05, 0.1) is 6.10 Å². The Morgan fingerprint density at radius 1 is 1.04 bits per heavy atom. The van der Waals surface area contributed by atoms with Crippen LogP contribution < -0.4 is 0 Å². The van der Waals surface area contributed by atoms with Crippen LogP contribution in [0, 0.1) is 40.4 Å². The fraction of sp³-hybridized carbons (Fsp3) is 0.957. The summed E-state index contributed by atoms with van der Waals surface area (Å²) in [6.07, 6.45) is 11.4. The Morgan fingerprint density at radius 3 is 2.50 bits per heavy atom. The molecule has 4 saturated carbocycles. The quantitative estimate of drug-likeness (QED) is 0.706. The van der Waals surface area contributed by atoms with Crippen LogP contribution in [0.3, 0.4) is 0 Å². The van der Waals surface area contributed by atoms with Crippen molar-refractivity contribution in [2.24, 2.45) is 40.4 Å². The lowest BCUT2D eigenvalue weighted by Crippen LogP contribution is -2.53. The van der Waals surface area contributed by atoms with E-state index in [0.717, 1.165) is 24.2 Å². The van der Waals surface area contributed by atoms with E-state index in [-0.39, 0.29) is 23.4 Å². The Kier molecular flexibility index (Phi) is 4.69. The van der Waals surface area contributed by atoms with E-state index in [1.807, 2.05) is 6.92 Å². The van der Waals surface area contributed by atoms with Crippen molar-refractivity contribution in [1.82, 2.24) is 0 Å². The summed E-state index contributed by atoms with van der Waals surface area (Å²) in [5.74, 6) is 3.03. The summed E-state index contributed by atoms with van der Waals surface area (Å²) in [7, 11) is 0. The van der Waals surface area contributed by atoms with Crippen LogP contribution in [0.1, 0.15) is 85.5 Å². The highest BCUT2D eigenvalue weighted by atomic mass is 16.5. The molecule has 0 unspecified atom stereocenters. The third kappa shape index (κ3) is 2.67. The van der Waals surface area contributed by atoms with Crippen LogP contribution in [0.2, 0.25) is 0 Å². The van der Waals surface area contributed by atoms with Gasteiger partial charge in [-0.25, -0.2) is 0 Å². The Morgan fingerprint density at radius 2 is 1.81 bits per heavy atom. The number of carbonyl (C=O) groups excluding carboxylic acids is 1. The smallest absolute Gasteiger partial charge is 0.302 e. The van der Waals surface area contributed by atoms with Crippen molar-refractivity contribution in [2.45, 2.75) is 97.7 Å². The highest BCUT2D eigenvalue weighted by Gasteiger charge is 2.63. The summed E-state index contributed by atoms with van der Waals surface area (Å²) < 4.78 is 5.75. The van der Waals surface area contributed by atoms with Gasteiger partial charge < -0.3 is 9.84 Å². The molecule has 0 aromatic heterocycles. The first-order valence-electron chi connectivity index (χ1n) is 11.1. The molecule has 4 rings (SSSR count). The Hall–Kier alpha value is -0.570. The molecule has 0 radical (unpaired) electrons. The predicted molar refractivity (Wildman–Crippen MR) is 102 cm³/mol. The number of fused-ring (bicyclic) bond motifs is 5. The van der Waals surface area contributed by atoms with Gasteiger partial charge in [-0.05, 0) is 86.4 Å². The number of aliphatic hydroxyl groups is 1. The second kappa shape index (κ2) is 6.50. The largest absolute Gasteiger partial charge is 0.462 e. The molecule has 0 saturated heterocycles. The van der Waals surface area contributed by atoms with Crippen LogP contribution in [0.4, 0.5) is 0 Å². The molecule has 4 aliphatic carbocycles. The molecule has 0 spiro atoms. The monoisotopic (exact) mass is 362 g/mol. The summed E-state index contributed by atoms with van der Waals surface area (Å²) in [6.45, 7) is 8.41. The topological polar surface area (TPSA) is 46.5 Å². The van der Waals surface area contributed by atoms with Gasteiger partial charge in [0.15, 0.2) is 0 Å². The summed E-state index contributed by atoms with van der Waals surface area (Å²) in [6, 6.07) is 0.